The second-order valence-corrected chi connectivity index (χ2v) is 3.78. The molecule has 14 heavy (non-hydrogen) atoms. The Kier molecular flexibility index (Phi) is 2.79. The van der Waals surface area contributed by atoms with Gasteiger partial charge in [0.25, 0.3) is 0 Å². The molecule has 2 N–H and O–H groups in total. The van der Waals surface area contributed by atoms with Gasteiger partial charge in [-0.05, 0) is 19.4 Å². The number of aliphatic hydroxyl groups is 1. The van der Waals surface area contributed by atoms with Crippen molar-refractivity contribution in [2.24, 2.45) is 7.05 Å². The summed E-state index contributed by atoms with van der Waals surface area (Å²) < 4.78 is 1.63. The molecule has 1 aliphatic heterocycles. The van der Waals surface area contributed by atoms with E-state index < -0.39 is 6.10 Å². The maximum absolute atomic E-state index is 10.1. The summed E-state index contributed by atoms with van der Waals surface area (Å²) in [5, 5.41) is 20.9. The van der Waals surface area contributed by atoms with Crippen LogP contribution in [0.3, 0.4) is 0 Å². The fourth-order valence-corrected chi connectivity index (χ4v) is 1.92. The summed E-state index contributed by atoms with van der Waals surface area (Å²) in [7, 11) is 1.80. The Hall–Kier alpha value is -0.940. The van der Waals surface area contributed by atoms with E-state index in [0.29, 0.717) is 0 Å². The number of aryl methyl sites for hydroxylation is 1. The fourth-order valence-electron chi connectivity index (χ4n) is 1.92. The van der Waals surface area contributed by atoms with Gasteiger partial charge >= 0.3 is 0 Å². The van der Waals surface area contributed by atoms with Crippen LogP contribution in [0.4, 0.5) is 0 Å². The number of hydrogen-bond acceptors (Lipinski definition) is 4. The van der Waals surface area contributed by atoms with Gasteiger partial charge in [-0.2, -0.15) is 0 Å². The summed E-state index contributed by atoms with van der Waals surface area (Å²) in [6.07, 6.45) is 4.54. The van der Waals surface area contributed by atoms with Gasteiger partial charge in [-0.25, -0.2) is 4.68 Å². The molecule has 5 nitrogen and oxygen atoms in total. The summed E-state index contributed by atoms with van der Waals surface area (Å²) in [5.74, 6) is 0. The zero-order chi connectivity index (χ0) is 9.97. The molecule has 1 aromatic rings. The van der Waals surface area contributed by atoms with Crippen molar-refractivity contribution in [2.45, 2.75) is 31.4 Å². The highest BCUT2D eigenvalue weighted by atomic mass is 16.3. The van der Waals surface area contributed by atoms with Crippen LogP contribution in [0.2, 0.25) is 0 Å². The van der Waals surface area contributed by atoms with Gasteiger partial charge in [0.2, 0.25) is 0 Å². The van der Waals surface area contributed by atoms with Gasteiger partial charge in [0.05, 0.1) is 11.9 Å². The number of aliphatic hydroxyl groups excluding tert-OH is 1. The number of aromatic nitrogens is 3. The summed E-state index contributed by atoms with van der Waals surface area (Å²) in [5.41, 5.74) is 0.782. The molecule has 1 aromatic heterocycles. The third kappa shape index (κ3) is 1.78. The van der Waals surface area contributed by atoms with Gasteiger partial charge in [0, 0.05) is 13.1 Å². The summed E-state index contributed by atoms with van der Waals surface area (Å²) in [6, 6.07) is 0.154. The molecule has 0 aromatic carbocycles. The Morgan fingerprint density at radius 1 is 1.64 bits per heavy atom. The maximum Gasteiger partial charge on any atom is 0.112 e. The van der Waals surface area contributed by atoms with Crippen LogP contribution in [0.25, 0.3) is 0 Å². The predicted octanol–water partition coefficient (Wildman–Crippen LogP) is -0.00940. The topological polar surface area (TPSA) is 63.0 Å². The van der Waals surface area contributed by atoms with Crippen LogP contribution >= 0.6 is 0 Å². The van der Waals surface area contributed by atoms with Crippen LogP contribution in [0.5, 0.6) is 0 Å². The smallest absolute Gasteiger partial charge is 0.112 e. The number of nitrogens with one attached hydrogen (secondary N) is 1. The molecule has 0 bridgehead atoms. The molecule has 0 amide bonds. The summed E-state index contributed by atoms with van der Waals surface area (Å²) >= 11 is 0. The zero-order valence-corrected chi connectivity index (χ0v) is 8.35. The van der Waals surface area contributed by atoms with Crippen molar-refractivity contribution in [3.8, 4) is 0 Å². The lowest BCUT2D eigenvalue weighted by atomic mass is 9.98. The normalized spacial score (nSPS) is 24.9. The van der Waals surface area contributed by atoms with Crippen molar-refractivity contribution in [3.05, 3.63) is 11.9 Å². The monoisotopic (exact) mass is 196 g/mol. The van der Waals surface area contributed by atoms with E-state index in [4.69, 9.17) is 0 Å². The van der Waals surface area contributed by atoms with Crippen LogP contribution < -0.4 is 5.32 Å². The third-order valence-electron chi connectivity index (χ3n) is 2.78. The Morgan fingerprint density at radius 3 is 3.07 bits per heavy atom. The number of nitrogens with zero attached hydrogens (tertiary/aromatic N) is 3. The molecule has 0 radical (unpaired) electrons. The molecule has 5 heteroatoms. The van der Waals surface area contributed by atoms with E-state index in [9.17, 15) is 5.11 Å². The quantitative estimate of drug-likeness (QED) is 0.698. The van der Waals surface area contributed by atoms with Gasteiger partial charge < -0.3 is 10.4 Å². The maximum atomic E-state index is 10.1. The lowest BCUT2D eigenvalue weighted by molar-refractivity contribution is 0.106. The lowest BCUT2D eigenvalue weighted by Gasteiger charge is -2.27. The largest absolute Gasteiger partial charge is 0.385 e. The van der Waals surface area contributed by atoms with E-state index in [2.05, 4.69) is 15.6 Å². The number of rotatable bonds is 2. The SMILES string of the molecule is Cn1nncc1C(O)C1CCCCN1. The Bertz CT molecular complexity index is 293. The van der Waals surface area contributed by atoms with Crippen molar-refractivity contribution < 1.29 is 5.11 Å². The first-order chi connectivity index (χ1) is 6.79. The Balaban J connectivity index is 2.07. The molecule has 0 saturated carbocycles. The van der Waals surface area contributed by atoms with Crippen molar-refractivity contribution >= 4 is 0 Å². The predicted molar refractivity (Wildman–Crippen MR) is 51.6 cm³/mol. The molecule has 2 atom stereocenters. The molecule has 2 rings (SSSR count). The minimum atomic E-state index is -0.490. The van der Waals surface area contributed by atoms with Crippen molar-refractivity contribution in [3.63, 3.8) is 0 Å². The minimum Gasteiger partial charge on any atom is -0.385 e. The van der Waals surface area contributed by atoms with Gasteiger partial charge in [-0.3, -0.25) is 0 Å². The molecule has 1 fully saturated rings. The zero-order valence-electron chi connectivity index (χ0n) is 8.35. The molecular formula is C9H16N4O. The van der Waals surface area contributed by atoms with E-state index in [1.54, 1.807) is 17.9 Å². The van der Waals surface area contributed by atoms with Crippen molar-refractivity contribution in [2.75, 3.05) is 6.54 Å². The average molecular weight is 196 g/mol. The molecule has 78 valence electrons. The molecule has 2 unspecified atom stereocenters. The van der Waals surface area contributed by atoms with E-state index >= 15 is 0 Å². The third-order valence-corrected chi connectivity index (χ3v) is 2.78. The van der Waals surface area contributed by atoms with Gasteiger partial charge in [0.1, 0.15) is 6.10 Å². The van der Waals surface area contributed by atoms with Gasteiger partial charge in [-0.1, -0.05) is 11.6 Å². The molecule has 1 saturated heterocycles. The first kappa shape index (κ1) is 9.61. The van der Waals surface area contributed by atoms with Crippen LogP contribution in [0, 0.1) is 0 Å². The molecule has 1 aliphatic rings. The van der Waals surface area contributed by atoms with E-state index in [0.717, 1.165) is 18.7 Å². The second kappa shape index (κ2) is 4.06. The van der Waals surface area contributed by atoms with E-state index in [1.165, 1.54) is 12.8 Å². The minimum absolute atomic E-state index is 0.154. The highest BCUT2D eigenvalue weighted by Crippen LogP contribution is 2.21. The standard InChI is InChI=1S/C9H16N4O/c1-13-8(6-11-12-13)9(14)7-4-2-3-5-10-7/h6-7,9-10,14H,2-5H2,1H3. The van der Waals surface area contributed by atoms with E-state index in [-0.39, 0.29) is 6.04 Å². The van der Waals surface area contributed by atoms with E-state index in [1.807, 2.05) is 0 Å². The highest BCUT2D eigenvalue weighted by Gasteiger charge is 2.24. The van der Waals surface area contributed by atoms with Crippen LogP contribution in [-0.2, 0) is 7.05 Å². The molecular weight excluding hydrogens is 180 g/mol. The van der Waals surface area contributed by atoms with Crippen molar-refractivity contribution in [1.82, 2.24) is 20.3 Å². The first-order valence-electron chi connectivity index (χ1n) is 5.05. The number of hydrogen-bond donors (Lipinski definition) is 2. The summed E-state index contributed by atoms with van der Waals surface area (Å²) in [4.78, 5) is 0. The lowest BCUT2D eigenvalue weighted by Crippen LogP contribution is -2.39. The highest BCUT2D eigenvalue weighted by molar-refractivity contribution is 5.03. The van der Waals surface area contributed by atoms with Crippen LogP contribution in [-0.4, -0.2) is 32.7 Å². The second-order valence-electron chi connectivity index (χ2n) is 3.78. The summed E-state index contributed by atoms with van der Waals surface area (Å²) in [6.45, 7) is 0.993. The molecule has 2 heterocycles. The Labute approximate surface area is 83.1 Å². The van der Waals surface area contributed by atoms with Gasteiger partial charge in [0.15, 0.2) is 0 Å². The average Bonchev–Trinajstić information content (AvgIpc) is 2.65. The van der Waals surface area contributed by atoms with Crippen LogP contribution in [0.1, 0.15) is 31.1 Å². The number of piperidine rings is 1. The van der Waals surface area contributed by atoms with Crippen molar-refractivity contribution in [1.29, 1.82) is 0 Å². The van der Waals surface area contributed by atoms with Gasteiger partial charge in [-0.15, -0.1) is 5.10 Å². The fraction of sp³-hybridized carbons (Fsp3) is 0.778. The Morgan fingerprint density at radius 2 is 2.50 bits per heavy atom. The van der Waals surface area contributed by atoms with Crippen LogP contribution in [0.15, 0.2) is 6.20 Å². The first-order valence-corrected chi connectivity index (χ1v) is 5.05. The molecule has 0 spiro atoms. The molecule has 0 aliphatic carbocycles.